The third kappa shape index (κ3) is 2.18. The van der Waals surface area contributed by atoms with Crippen molar-refractivity contribution in [2.45, 2.75) is 51.6 Å². The average molecular weight is 290 g/mol. The highest BCUT2D eigenvalue weighted by atomic mass is 16.2. The first-order valence-electron chi connectivity index (χ1n) is 7.42. The number of nitrogens with zero attached hydrogens (tertiary/aromatic N) is 3. The molecule has 0 radical (unpaired) electrons. The van der Waals surface area contributed by atoms with Gasteiger partial charge in [-0.2, -0.15) is 0 Å². The molecule has 0 spiro atoms. The fraction of sp³-hybridized carbons (Fsp3) is 0.667. The molecule has 2 aliphatic rings. The van der Waals surface area contributed by atoms with Crippen LogP contribution >= 0.6 is 0 Å². The number of fused-ring (bicyclic) bond motifs is 1. The van der Waals surface area contributed by atoms with Crippen molar-refractivity contribution in [3.8, 4) is 0 Å². The molecule has 114 valence electrons. The molecule has 2 aliphatic heterocycles. The maximum Gasteiger partial charge on any atom is 0.252 e. The molecule has 21 heavy (non-hydrogen) atoms. The predicted molar refractivity (Wildman–Crippen MR) is 77.8 cm³/mol. The lowest BCUT2D eigenvalue weighted by atomic mass is 9.95. The molecule has 1 aromatic rings. The molecule has 0 aromatic carbocycles. The Hall–Kier alpha value is -1.69. The van der Waals surface area contributed by atoms with Crippen LogP contribution in [-0.4, -0.2) is 39.9 Å². The Morgan fingerprint density at radius 1 is 1.29 bits per heavy atom. The van der Waals surface area contributed by atoms with Crippen molar-refractivity contribution in [2.24, 2.45) is 0 Å². The standard InChI is InChI=1S/C15H22N4O2/c1-15(2,3)14-17-9-8-16-6-5-10(9)19(14)11-7-12(20)18(4)13(11)21/h11,16H,5-8H2,1-4H3. The lowest BCUT2D eigenvalue weighted by Gasteiger charge is -2.24. The minimum absolute atomic E-state index is 0.110. The van der Waals surface area contributed by atoms with E-state index in [1.807, 2.05) is 4.57 Å². The molecule has 2 amide bonds. The number of aromatic nitrogens is 2. The Kier molecular flexibility index (Phi) is 3.16. The summed E-state index contributed by atoms with van der Waals surface area (Å²) in [6, 6.07) is -0.425. The van der Waals surface area contributed by atoms with Gasteiger partial charge in [0.15, 0.2) is 0 Å². The topological polar surface area (TPSA) is 67.2 Å². The van der Waals surface area contributed by atoms with Gasteiger partial charge in [-0.25, -0.2) is 4.98 Å². The monoisotopic (exact) mass is 290 g/mol. The van der Waals surface area contributed by atoms with Crippen LogP contribution in [0.4, 0.5) is 0 Å². The number of hydrogen-bond acceptors (Lipinski definition) is 4. The minimum atomic E-state index is -0.425. The van der Waals surface area contributed by atoms with Crippen LogP contribution in [0.1, 0.15) is 50.4 Å². The number of imidazole rings is 1. The number of likely N-dealkylation sites (N-methyl/N-ethyl adjacent to an activating group) is 1. The maximum absolute atomic E-state index is 12.4. The zero-order valence-corrected chi connectivity index (χ0v) is 13.1. The van der Waals surface area contributed by atoms with Gasteiger partial charge in [0.05, 0.1) is 12.1 Å². The van der Waals surface area contributed by atoms with Gasteiger partial charge in [-0.1, -0.05) is 20.8 Å². The largest absolute Gasteiger partial charge is 0.318 e. The van der Waals surface area contributed by atoms with E-state index < -0.39 is 6.04 Å². The van der Waals surface area contributed by atoms with Crippen molar-refractivity contribution in [2.75, 3.05) is 13.6 Å². The zero-order chi connectivity index (χ0) is 15.4. The summed E-state index contributed by atoms with van der Waals surface area (Å²) < 4.78 is 2.04. The van der Waals surface area contributed by atoms with E-state index in [-0.39, 0.29) is 23.7 Å². The smallest absolute Gasteiger partial charge is 0.252 e. The third-order valence-corrected chi connectivity index (χ3v) is 4.26. The molecule has 3 heterocycles. The summed E-state index contributed by atoms with van der Waals surface area (Å²) in [4.78, 5) is 30.3. The molecule has 0 saturated carbocycles. The molecule has 6 nitrogen and oxygen atoms in total. The number of imide groups is 1. The summed E-state index contributed by atoms with van der Waals surface area (Å²) in [6.07, 6.45) is 1.09. The first-order valence-corrected chi connectivity index (χ1v) is 7.42. The minimum Gasteiger partial charge on any atom is -0.318 e. The molecule has 1 unspecified atom stereocenters. The number of nitrogens with one attached hydrogen (secondary N) is 1. The molecular weight excluding hydrogens is 268 g/mol. The van der Waals surface area contributed by atoms with Crippen molar-refractivity contribution in [3.05, 3.63) is 17.2 Å². The van der Waals surface area contributed by atoms with Gasteiger partial charge >= 0.3 is 0 Å². The second-order valence-corrected chi connectivity index (χ2v) is 6.89. The van der Waals surface area contributed by atoms with Crippen molar-refractivity contribution in [3.63, 3.8) is 0 Å². The van der Waals surface area contributed by atoms with Crippen LogP contribution in [-0.2, 0) is 28.0 Å². The van der Waals surface area contributed by atoms with Gasteiger partial charge in [0, 0.05) is 37.7 Å². The first kappa shape index (κ1) is 14.3. The molecule has 1 aromatic heterocycles. The quantitative estimate of drug-likeness (QED) is 0.775. The number of likely N-dealkylation sites (tertiary alicyclic amines) is 1. The van der Waals surface area contributed by atoms with Gasteiger partial charge in [0.1, 0.15) is 11.9 Å². The highest BCUT2D eigenvalue weighted by Gasteiger charge is 2.41. The van der Waals surface area contributed by atoms with Crippen LogP contribution in [0, 0.1) is 0 Å². The third-order valence-electron chi connectivity index (χ3n) is 4.26. The van der Waals surface area contributed by atoms with E-state index in [9.17, 15) is 9.59 Å². The maximum atomic E-state index is 12.4. The summed E-state index contributed by atoms with van der Waals surface area (Å²) >= 11 is 0. The van der Waals surface area contributed by atoms with Crippen LogP contribution in [0.15, 0.2) is 0 Å². The fourth-order valence-corrected chi connectivity index (χ4v) is 3.14. The second-order valence-electron chi connectivity index (χ2n) is 6.89. The Morgan fingerprint density at radius 3 is 2.57 bits per heavy atom. The van der Waals surface area contributed by atoms with E-state index >= 15 is 0 Å². The van der Waals surface area contributed by atoms with E-state index in [4.69, 9.17) is 4.98 Å². The van der Waals surface area contributed by atoms with E-state index in [1.165, 1.54) is 4.90 Å². The Bertz CT molecular complexity index is 612. The first-order chi connectivity index (χ1) is 9.80. The van der Waals surface area contributed by atoms with Crippen molar-refractivity contribution in [1.82, 2.24) is 19.8 Å². The number of rotatable bonds is 1. The lowest BCUT2D eigenvalue weighted by molar-refractivity contribution is -0.137. The van der Waals surface area contributed by atoms with Gasteiger partial charge in [-0.05, 0) is 0 Å². The highest BCUT2D eigenvalue weighted by molar-refractivity contribution is 6.04. The van der Waals surface area contributed by atoms with Crippen LogP contribution < -0.4 is 5.32 Å². The summed E-state index contributed by atoms with van der Waals surface area (Å²) in [5.74, 6) is 0.670. The summed E-state index contributed by atoms with van der Waals surface area (Å²) in [5, 5.41) is 3.31. The molecule has 0 aliphatic carbocycles. The number of carbonyl (C=O) groups is 2. The van der Waals surface area contributed by atoms with Crippen LogP contribution in [0.25, 0.3) is 0 Å². The van der Waals surface area contributed by atoms with E-state index in [1.54, 1.807) is 7.05 Å². The Labute approximate surface area is 124 Å². The number of hydrogen-bond donors (Lipinski definition) is 1. The number of amides is 2. The molecule has 6 heteroatoms. The summed E-state index contributed by atoms with van der Waals surface area (Å²) in [7, 11) is 1.56. The normalized spacial score (nSPS) is 22.9. The summed E-state index contributed by atoms with van der Waals surface area (Å²) in [6.45, 7) is 7.89. The fourth-order valence-electron chi connectivity index (χ4n) is 3.14. The average Bonchev–Trinajstić information content (AvgIpc) is 2.92. The van der Waals surface area contributed by atoms with Gasteiger partial charge in [-0.15, -0.1) is 0 Å². The van der Waals surface area contributed by atoms with E-state index in [2.05, 4.69) is 26.1 Å². The van der Waals surface area contributed by atoms with Gasteiger partial charge in [0.25, 0.3) is 5.91 Å². The van der Waals surface area contributed by atoms with Crippen LogP contribution in [0.5, 0.6) is 0 Å². The SMILES string of the molecule is CN1C(=O)CC(n2c(C(C)(C)C)nc3c2CCNC3)C1=O. The second kappa shape index (κ2) is 4.66. The molecule has 1 N–H and O–H groups in total. The molecule has 1 fully saturated rings. The molecule has 3 rings (SSSR count). The Balaban J connectivity index is 2.14. The Morgan fingerprint density at radius 2 is 2.00 bits per heavy atom. The molecule has 0 bridgehead atoms. The molecular formula is C15H22N4O2. The predicted octanol–water partition coefficient (Wildman–Crippen LogP) is 0.756. The number of carbonyl (C=O) groups excluding carboxylic acids is 2. The summed E-state index contributed by atoms with van der Waals surface area (Å²) in [5.41, 5.74) is 1.96. The van der Waals surface area contributed by atoms with Gasteiger partial charge in [0.2, 0.25) is 5.91 Å². The lowest BCUT2D eigenvalue weighted by Crippen LogP contribution is -2.31. The zero-order valence-electron chi connectivity index (χ0n) is 13.1. The van der Waals surface area contributed by atoms with Crippen molar-refractivity contribution in [1.29, 1.82) is 0 Å². The highest BCUT2D eigenvalue weighted by Crippen LogP contribution is 2.33. The molecule has 1 atom stereocenters. The molecule has 1 saturated heterocycles. The van der Waals surface area contributed by atoms with Crippen LogP contribution in [0.2, 0.25) is 0 Å². The van der Waals surface area contributed by atoms with Crippen molar-refractivity contribution < 1.29 is 9.59 Å². The van der Waals surface area contributed by atoms with Crippen molar-refractivity contribution >= 4 is 11.8 Å². The van der Waals surface area contributed by atoms with E-state index in [0.29, 0.717) is 0 Å². The van der Waals surface area contributed by atoms with Gasteiger partial charge < -0.3 is 9.88 Å². The van der Waals surface area contributed by atoms with Gasteiger partial charge in [-0.3, -0.25) is 14.5 Å². The van der Waals surface area contributed by atoms with Crippen LogP contribution in [0.3, 0.4) is 0 Å². The van der Waals surface area contributed by atoms with E-state index in [0.717, 1.165) is 36.7 Å².